The number of hydrogen-bond acceptors (Lipinski definition) is 3. The van der Waals surface area contributed by atoms with Gasteiger partial charge < -0.3 is 14.3 Å². The van der Waals surface area contributed by atoms with Crippen LogP contribution in [0.5, 0.6) is 0 Å². The summed E-state index contributed by atoms with van der Waals surface area (Å²) in [7, 11) is -5.27. The molecule has 0 atom stereocenters. The van der Waals surface area contributed by atoms with Crippen molar-refractivity contribution in [2.45, 2.75) is 16.2 Å². The second-order valence-electron chi connectivity index (χ2n) is 27.5. The predicted molar refractivity (Wildman–Crippen MR) is 354 cm³/mol. The van der Waals surface area contributed by atoms with Crippen molar-refractivity contribution in [2.24, 2.45) is 0 Å². The summed E-state index contributed by atoms with van der Waals surface area (Å²) in [6.45, 7) is 0. The molecule has 0 amide bonds. The van der Waals surface area contributed by atoms with Crippen LogP contribution in [0.25, 0.3) is 32.7 Å². The fraction of sp³-hybridized carbons (Fsp3) is 0.0370. The highest BCUT2D eigenvalue weighted by molar-refractivity contribution is 6.37. The Kier molecular flexibility index (Phi) is 22.6. The molecule has 15 rings (SSSR count). The average molecular weight is 1940 g/mol. The van der Waals surface area contributed by atoms with Gasteiger partial charge in [0.25, 0.3) is 0 Å². The van der Waals surface area contributed by atoms with Crippen molar-refractivity contribution < 1.29 is 212 Å². The quantitative estimate of drug-likeness (QED) is 0.0283. The summed E-state index contributed by atoms with van der Waals surface area (Å²) in [5, 5.41) is -4.87. The summed E-state index contributed by atoms with van der Waals surface area (Å²) in [6, 6.07) is 0.626. The van der Waals surface area contributed by atoms with E-state index in [0.717, 1.165) is 0 Å². The zero-order valence-corrected chi connectivity index (χ0v) is 61.8. The van der Waals surface area contributed by atoms with Crippen LogP contribution in [-0.4, -0.2) is 21.5 Å². The number of rotatable bonds is 18. The van der Waals surface area contributed by atoms with Crippen molar-refractivity contribution in [1.29, 1.82) is 0 Å². The highest BCUT2D eigenvalue weighted by Crippen LogP contribution is 2.59. The highest BCUT2D eigenvalue weighted by Gasteiger charge is 2.63. The third-order valence-corrected chi connectivity index (χ3v) is 21.0. The van der Waals surface area contributed by atoms with Crippen LogP contribution in [0.1, 0.15) is 67.2 Å². The Morgan fingerprint density at radius 1 is 0.150 bits per heavy atom. The van der Waals surface area contributed by atoms with Crippen LogP contribution >= 0.6 is 0 Å². The molecule has 3 aromatic heterocycles. The predicted octanol–water partition coefficient (Wildman–Crippen LogP) is 23.6. The van der Waals surface area contributed by atoms with Gasteiger partial charge in [0, 0.05) is 16.2 Å². The smallest absolute Gasteiger partial charge is 0.396 e. The van der Waals surface area contributed by atoms with Crippen LogP contribution in [0.2, 0.25) is 0 Å². The van der Waals surface area contributed by atoms with Crippen molar-refractivity contribution in [3.05, 3.63) is 420 Å². The third kappa shape index (κ3) is 12.5. The number of nitrogens with zero attached hydrogens (tertiary/aromatic N) is 3. The summed E-state index contributed by atoms with van der Waals surface area (Å²) < 4.78 is 774. The molecule has 0 spiro atoms. The fourth-order valence-electron chi connectivity index (χ4n) is 15.5. The van der Waals surface area contributed by atoms with Gasteiger partial charge in [-0.2, -0.15) is 14.2 Å². The molecule has 0 saturated carbocycles. The monoisotopic (exact) mass is 1940 g/mol. The van der Waals surface area contributed by atoms with Gasteiger partial charge in [0.2, 0.25) is 52.4 Å². The first kappa shape index (κ1) is 93.3. The minimum atomic E-state index is -6.46. The van der Waals surface area contributed by atoms with Gasteiger partial charge in [0.1, 0.15) is 16.2 Å². The van der Waals surface area contributed by atoms with Crippen molar-refractivity contribution >= 4 is 40.0 Å². The summed E-state index contributed by atoms with van der Waals surface area (Å²) in [4.78, 5) is 0. The molecular formula is C81H15BF45N3O3. The van der Waals surface area contributed by atoms with E-state index < -0.39 is 418 Å². The molecule has 0 saturated heterocycles. The molecule has 6 nitrogen and oxygen atoms in total. The van der Waals surface area contributed by atoms with Crippen molar-refractivity contribution in [3.63, 3.8) is 0 Å². The molecular weight excluding hydrogens is 1930 g/mol. The first-order chi connectivity index (χ1) is 62.3. The van der Waals surface area contributed by atoms with E-state index in [9.17, 15) is 0 Å². The zero-order chi connectivity index (χ0) is 97.9. The minimum absolute atomic E-state index is 0.0234. The van der Waals surface area contributed by atoms with Gasteiger partial charge in [-0.3, -0.25) is 0 Å². The van der Waals surface area contributed by atoms with Crippen molar-refractivity contribution in [1.82, 2.24) is 14.2 Å². The normalized spacial score (nSPS) is 12.2. The molecule has 12 aromatic carbocycles. The molecule has 0 radical (unpaired) electrons. The van der Waals surface area contributed by atoms with Gasteiger partial charge in [-0.15, -0.1) is 0 Å². The molecule has 0 N–H and O–H groups in total. The van der Waals surface area contributed by atoms with Crippen LogP contribution in [-0.2, 0) is 16.2 Å². The van der Waals surface area contributed by atoms with Gasteiger partial charge in [-0.1, -0.05) is 54.6 Å². The maximum absolute atomic E-state index is 17.9. The zero-order valence-electron chi connectivity index (χ0n) is 61.8. The first-order valence-electron chi connectivity index (χ1n) is 34.8. The molecule has 0 aliphatic heterocycles. The SMILES string of the molecule is Fc1c(F)c(F)c(C(c2c(F)c(F)c(F)c(F)c2F)(c2c(F)c(F)c(F)c(F)c2F)c2cc3ccccc3n2OB(On2c(C(c3c(F)c(F)c(F)c(F)c3F)(c3c(F)c(F)c(F)c(F)c3F)c3c(F)c(F)c(F)c(F)c3F)cc3ccccc32)On2c(C(c3c(F)c(F)c(F)c(F)c3F)(c3c(F)c(F)c(F)c(F)c3F)c3c(F)c(F)c(F)c(F)c3F)cc3ccccc32)c(F)c1F. The molecule has 133 heavy (non-hydrogen) atoms. The molecule has 0 aliphatic rings. The lowest BCUT2D eigenvalue weighted by Gasteiger charge is -2.39. The lowest BCUT2D eigenvalue weighted by molar-refractivity contribution is 0.0687. The van der Waals surface area contributed by atoms with Gasteiger partial charge in [-0.25, -0.2) is 198 Å². The van der Waals surface area contributed by atoms with E-state index in [1.54, 1.807) is 0 Å². The molecule has 0 bridgehead atoms. The number of aromatic nitrogens is 3. The lowest BCUT2D eigenvalue weighted by Crippen LogP contribution is -2.53. The number of hydrogen-bond donors (Lipinski definition) is 0. The van der Waals surface area contributed by atoms with Crippen LogP contribution in [0.15, 0.2) is 91.0 Å². The van der Waals surface area contributed by atoms with Crippen LogP contribution < -0.4 is 14.3 Å². The molecule has 3 heterocycles. The largest absolute Gasteiger partial charge is 0.926 e. The number of para-hydroxylation sites is 3. The molecule has 15 aromatic rings. The van der Waals surface area contributed by atoms with Crippen LogP contribution in [0, 0.1) is 262 Å². The van der Waals surface area contributed by atoms with E-state index in [4.69, 9.17) is 14.3 Å². The molecule has 0 unspecified atom stereocenters. The van der Waals surface area contributed by atoms with E-state index in [1.807, 2.05) is 0 Å². The molecule has 0 aliphatic carbocycles. The Bertz CT molecular complexity index is 6210. The average Bonchev–Trinajstić information content (AvgIpc) is 1.68. The van der Waals surface area contributed by atoms with E-state index >= 15 is 198 Å². The summed E-state index contributed by atoms with van der Waals surface area (Å²) >= 11 is 0. The second-order valence-corrected chi connectivity index (χ2v) is 27.5. The maximum atomic E-state index is 17.9. The van der Waals surface area contributed by atoms with Gasteiger partial charge >= 0.3 is 7.32 Å². The fourth-order valence-corrected chi connectivity index (χ4v) is 15.5. The van der Waals surface area contributed by atoms with Crippen LogP contribution in [0.3, 0.4) is 0 Å². The Morgan fingerprint density at radius 3 is 0.376 bits per heavy atom. The van der Waals surface area contributed by atoms with E-state index in [1.165, 1.54) is 0 Å². The Hall–Kier alpha value is -14.4. The van der Waals surface area contributed by atoms with Crippen molar-refractivity contribution in [3.8, 4) is 0 Å². The third-order valence-electron chi connectivity index (χ3n) is 21.0. The maximum Gasteiger partial charge on any atom is 0.926 e. The topological polar surface area (TPSA) is 42.5 Å². The van der Waals surface area contributed by atoms with E-state index in [-0.39, 0.29) is 54.6 Å². The van der Waals surface area contributed by atoms with Gasteiger partial charge in [0.05, 0.1) is 83.7 Å². The van der Waals surface area contributed by atoms with Gasteiger partial charge in [0.15, 0.2) is 209 Å². The number of benzene rings is 12. The summed E-state index contributed by atoms with van der Waals surface area (Å²) in [5.74, 6) is -178. The van der Waals surface area contributed by atoms with Crippen LogP contribution in [0.4, 0.5) is 198 Å². The molecule has 0 fully saturated rings. The Labute approximate surface area is 700 Å². The summed E-state index contributed by atoms with van der Waals surface area (Å²) in [5.41, 5.74) is -70.0. The number of fused-ring (bicyclic) bond motifs is 3. The lowest BCUT2D eigenvalue weighted by atomic mass is 9.65. The number of halogens is 45. The van der Waals surface area contributed by atoms with E-state index in [2.05, 4.69) is 0 Å². The molecule has 690 valence electrons. The Morgan fingerprint density at radius 2 is 0.256 bits per heavy atom. The summed E-state index contributed by atoms with van der Waals surface area (Å²) in [6.07, 6.45) is 0. The van der Waals surface area contributed by atoms with Gasteiger partial charge in [-0.05, 0) is 36.4 Å². The standard InChI is InChI=1S/C81H15BF45N3O3/c83-34-25(35(84)53(102)70(119)52(34)101)79(26-36(85)54(103)71(120)55(104)37(26)86,27-38(87)56(105)72(121)57(106)39(27)88)22-13-16-7-1-4-10-19(16)128(22)131-82(132-129-20-11-5-2-8-17(20)14-23(129)80(28-40(89)58(107)73(122)59(108)41(28)90,29-42(91)60(109)74(123)61(110)43(29)92)30-44(93)62(111)75(124)63(112)45(30)94)133-130-21-12-6-3-9-18(21)15-24(130)81(31-46(95)64(113)76(125)65(114)47(31)96,32-48(97)66(115)77(126)67(116)49(32)98)33-50(99)68(117)78(127)69(118)51(33)100/h1-15H. The second kappa shape index (κ2) is 32.3. The Balaban J connectivity index is 1.25. The first-order valence-corrected chi connectivity index (χ1v) is 34.8. The minimum Gasteiger partial charge on any atom is -0.396 e. The molecule has 52 heteroatoms. The highest BCUT2D eigenvalue weighted by atomic mass is 19.2. The van der Waals surface area contributed by atoms with E-state index in [0.29, 0.717) is 18.2 Å². The van der Waals surface area contributed by atoms with Crippen molar-refractivity contribution in [2.75, 3.05) is 0 Å².